The maximum absolute atomic E-state index is 9.08. The lowest BCUT2D eigenvalue weighted by Crippen LogP contribution is -2.50. The summed E-state index contributed by atoms with van der Waals surface area (Å²) in [6, 6.07) is 5.60. The van der Waals surface area contributed by atoms with E-state index in [1.165, 1.54) is 0 Å². The van der Waals surface area contributed by atoms with Crippen LogP contribution in [0.15, 0.2) is 21.2 Å². The third kappa shape index (κ3) is 2.07. The van der Waals surface area contributed by atoms with Gasteiger partial charge in [-0.25, -0.2) is 0 Å². The zero-order valence-electron chi connectivity index (χ0n) is 8.19. The van der Waals surface area contributed by atoms with Crippen LogP contribution in [0.1, 0.15) is 11.8 Å². The van der Waals surface area contributed by atoms with Crippen molar-refractivity contribution in [1.29, 1.82) is 5.26 Å². The molecule has 0 radical (unpaired) electrons. The van der Waals surface area contributed by atoms with E-state index in [9.17, 15) is 0 Å². The minimum absolute atomic E-state index is 0.279. The standard InChI is InChI=1S/C10H12BrN3O/c11-10-2-1-9(15-10)8(4-13)14-5-7(3-12)6-14/h1-2,7-8H,3,5-6,12H2. The minimum atomic E-state index is -0.279. The van der Waals surface area contributed by atoms with E-state index >= 15 is 0 Å². The van der Waals surface area contributed by atoms with E-state index in [2.05, 4.69) is 26.9 Å². The predicted molar refractivity (Wildman–Crippen MR) is 58.9 cm³/mol. The predicted octanol–water partition coefficient (Wildman–Crippen LogP) is 1.50. The fourth-order valence-electron chi connectivity index (χ4n) is 1.77. The van der Waals surface area contributed by atoms with E-state index in [1.54, 1.807) is 6.07 Å². The van der Waals surface area contributed by atoms with Crippen molar-refractivity contribution in [1.82, 2.24) is 4.90 Å². The second-order valence-corrected chi connectivity index (χ2v) is 4.51. The number of halogens is 1. The molecule has 0 saturated carbocycles. The molecule has 2 heterocycles. The number of rotatable bonds is 3. The van der Waals surface area contributed by atoms with Gasteiger partial charge in [-0.15, -0.1) is 0 Å². The monoisotopic (exact) mass is 269 g/mol. The van der Waals surface area contributed by atoms with E-state index in [0.29, 0.717) is 22.9 Å². The number of hydrogen-bond acceptors (Lipinski definition) is 4. The highest BCUT2D eigenvalue weighted by Crippen LogP contribution is 2.30. The molecule has 0 bridgehead atoms. The van der Waals surface area contributed by atoms with E-state index in [1.807, 2.05) is 6.07 Å². The molecule has 2 rings (SSSR count). The molecule has 0 amide bonds. The van der Waals surface area contributed by atoms with Gasteiger partial charge in [0.25, 0.3) is 0 Å². The summed E-state index contributed by atoms with van der Waals surface area (Å²) in [5.41, 5.74) is 5.54. The van der Waals surface area contributed by atoms with E-state index < -0.39 is 0 Å². The average Bonchev–Trinajstić information content (AvgIpc) is 2.57. The van der Waals surface area contributed by atoms with Crippen molar-refractivity contribution >= 4 is 15.9 Å². The van der Waals surface area contributed by atoms with Crippen LogP contribution in [0.5, 0.6) is 0 Å². The number of furan rings is 1. The number of likely N-dealkylation sites (tertiary alicyclic amines) is 1. The quantitative estimate of drug-likeness (QED) is 0.903. The van der Waals surface area contributed by atoms with Gasteiger partial charge in [-0.3, -0.25) is 4.90 Å². The first kappa shape index (κ1) is 10.7. The Labute approximate surface area is 96.8 Å². The highest BCUT2D eigenvalue weighted by atomic mass is 79.9. The van der Waals surface area contributed by atoms with Crippen molar-refractivity contribution in [3.05, 3.63) is 22.6 Å². The Kier molecular flexibility index (Phi) is 3.10. The highest BCUT2D eigenvalue weighted by Gasteiger charge is 2.33. The van der Waals surface area contributed by atoms with Gasteiger partial charge in [0.2, 0.25) is 0 Å². The number of hydrogen-bond donors (Lipinski definition) is 1. The molecule has 5 heteroatoms. The van der Waals surface area contributed by atoms with Gasteiger partial charge in [-0.2, -0.15) is 5.26 Å². The van der Waals surface area contributed by atoms with Gasteiger partial charge >= 0.3 is 0 Å². The Morgan fingerprint density at radius 1 is 1.67 bits per heavy atom. The molecule has 2 N–H and O–H groups in total. The average molecular weight is 270 g/mol. The summed E-state index contributed by atoms with van der Waals surface area (Å²) < 4.78 is 6.04. The Morgan fingerprint density at radius 2 is 2.40 bits per heavy atom. The summed E-state index contributed by atoms with van der Waals surface area (Å²) in [4.78, 5) is 2.07. The fraction of sp³-hybridized carbons (Fsp3) is 0.500. The van der Waals surface area contributed by atoms with Gasteiger partial charge in [-0.1, -0.05) is 0 Å². The zero-order chi connectivity index (χ0) is 10.8. The minimum Gasteiger partial charge on any atom is -0.452 e. The van der Waals surface area contributed by atoms with Crippen LogP contribution in [0.25, 0.3) is 0 Å². The molecule has 80 valence electrons. The lowest BCUT2D eigenvalue weighted by Gasteiger charge is -2.40. The fourth-order valence-corrected chi connectivity index (χ4v) is 2.09. The molecule has 1 aromatic rings. The summed E-state index contributed by atoms with van der Waals surface area (Å²) in [5.74, 6) is 1.22. The molecule has 4 nitrogen and oxygen atoms in total. The molecule has 1 aromatic heterocycles. The molecule has 1 unspecified atom stereocenters. The molecule has 15 heavy (non-hydrogen) atoms. The van der Waals surface area contributed by atoms with Gasteiger partial charge < -0.3 is 10.2 Å². The van der Waals surface area contributed by atoms with E-state index in [4.69, 9.17) is 15.4 Å². The smallest absolute Gasteiger partial charge is 0.169 e. The van der Waals surface area contributed by atoms with E-state index in [-0.39, 0.29) is 6.04 Å². The number of nitrogens with zero attached hydrogens (tertiary/aromatic N) is 2. The van der Waals surface area contributed by atoms with Gasteiger partial charge in [0, 0.05) is 13.1 Å². The molecule has 1 aliphatic heterocycles. The number of nitrogens with two attached hydrogens (primary N) is 1. The molecule has 0 aliphatic carbocycles. The summed E-state index contributed by atoms with van der Waals surface area (Å²) in [7, 11) is 0. The topological polar surface area (TPSA) is 66.2 Å². The molecule has 1 atom stereocenters. The van der Waals surface area contributed by atoms with Crippen LogP contribution in [-0.4, -0.2) is 24.5 Å². The lowest BCUT2D eigenvalue weighted by molar-refractivity contribution is 0.0704. The third-order valence-corrected chi connectivity index (χ3v) is 3.10. The lowest BCUT2D eigenvalue weighted by atomic mass is 9.97. The summed E-state index contributed by atoms with van der Waals surface area (Å²) >= 11 is 3.23. The van der Waals surface area contributed by atoms with E-state index in [0.717, 1.165) is 13.1 Å². The highest BCUT2D eigenvalue weighted by molar-refractivity contribution is 9.10. The third-order valence-electron chi connectivity index (χ3n) is 2.67. The first-order chi connectivity index (χ1) is 7.24. The molecule has 1 fully saturated rings. The maximum Gasteiger partial charge on any atom is 0.169 e. The first-order valence-corrected chi connectivity index (χ1v) is 5.63. The van der Waals surface area contributed by atoms with Gasteiger partial charge in [0.05, 0.1) is 6.07 Å². The van der Waals surface area contributed by atoms with Crippen LogP contribution in [0, 0.1) is 17.2 Å². The Morgan fingerprint density at radius 3 is 2.87 bits per heavy atom. The normalized spacial score (nSPS) is 19.5. The molecule has 0 spiro atoms. The summed E-state index contributed by atoms with van der Waals surface area (Å²) in [5, 5.41) is 9.08. The van der Waals surface area contributed by atoms with Crippen molar-refractivity contribution in [3.63, 3.8) is 0 Å². The molecular weight excluding hydrogens is 258 g/mol. The SMILES string of the molecule is N#CC(c1ccc(Br)o1)N1CC(CN)C1. The van der Waals surface area contributed by atoms with Crippen molar-refractivity contribution in [2.24, 2.45) is 11.7 Å². The van der Waals surface area contributed by atoms with Crippen LogP contribution in [-0.2, 0) is 0 Å². The van der Waals surface area contributed by atoms with Gasteiger partial charge in [0.15, 0.2) is 10.7 Å². The Bertz CT molecular complexity index is 378. The van der Waals surface area contributed by atoms with Crippen molar-refractivity contribution in [2.45, 2.75) is 6.04 Å². The molecule has 1 saturated heterocycles. The molecule has 0 aromatic carbocycles. The Balaban J connectivity index is 2.04. The molecular formula is C10H12BrN3O. The van der Waals surface area contributed by atoms with Crippen LogP contribution >= 0.6 is 15.9 Å². The van der Waals surface area contributed by atoms with Crippen LogP contribution in [0.4, 0.5) is 0 Å². The van der Waals surface area contributed by atoms with Crippen LogP contribution in [0.3, 0.4) is 0 Å². The van der Waals surface area contributed by atoms with Crippen molar-refractivity contribution in [3.8, 4) is 6.07 Å². The Hall–Kier alpha value is -0.830. The van der Waals surface area contributed by atoms with Crippen LogP contribution < -0.4 is 5.73 Å². The van der Waals surface area contributed by atoms with Gasteiger partial charge in [0.1, 0.15) is 5.76 Å². The number of nitriles is 1. The molecule has 1 aliphatic rings. The summed E-state index contributed by atoms with van der Waals surface area (Å²) in [6.45, 7) is 2.45. The second-order valence-electron chi connectivity index (χ2n) is 3.73. The van der Waals surface area contributed by atoms with Crippen molar-refractivity contribution in [2.75, 3.05) is 19.6 Å². The summed E-state index contributed by atoms with van der Waals surface area (Å²) in [6.07, 6.45) is 0. The largest absolute Gasteiger partial charge is 0.452 e. The van der Waals surface area contributed by atoms with Crippen molar-refractivity contribution < 1.29 is 4.42 Å². The second kappa shape index (κ2) is 4.35. The first-order valence-electron chi connectivity index (χ1n) is 4.83. The van der Waals surface area contributed by atoms with Gasteiger partial charge in [-0.05, 0) is 40.5 Å². The maximum atomic E-state index is 9.08. The zero-order valence-corrected chi connectivity index (χ0v) is 9.77. The van der Waals surface area contributed by atoms with Crippen LogP contribution in [0.2, 0.25) is 0 Å².